The molecule has 0 aromatic heterocycles. The van der Waals surface area contributed by atoms with Crippen molar-refractivity contribution in [2.45, 2.75) is 57.6 Å². The van der Waals surface area contributed by atoms with Crippen LogP contribution in [-0.4, -0.2) is 36.4 Å². The van der Waals surface area contributed by atoms with Crippen LogP contribution in [0.5, 0.6) is 0 Å². The zero-order valence-electron chi connectivity index (χ0n) is 10.1. The molecule has 1 rings (SSSR count). The molecule has 4 heteroatoms. The predicted octanol–water partition coefficient (Wildman–Crippen LogP) is 1.22. The Morgan fingerprint density at radius 3 is 2.88 bits per heavy atom. The van der Waals surface area contributed by atoms with Crippen LogP contribution < -0.4 is 5.32 Å². The van der Waals surface area contributed by atoms with Crippen molar-refractivity contribution in [3.8, 4) is 0 Å². The van der Waals surface area contributed by atoms with Gasteiger partial charge in [0, 0.05) is 19.6 Å². The molecule has 0 radical (unpaired) electrons. The Hall–Kier alpha value is -0.610. The SMILES string of the molecule is CCOCCCC(=O)NC1CCCCC1O. The van der Waals surface area contributed by atoms with E-state index >= 15 is 0 Å². The summed E-state index contributed by atoms with van der Waals surface area (Å²) in [6, 6.07) is -0.0339. The molecule has 0 heterocycles. The van der Waals surface area contributed by atoms with E-state index in [1.54, 1.807) is 0 Å². The normalized spacial score (nSPS) is 25.4. The second-order valence-corrected chi connectivity index (χ2v) is 4.33. The van der Waals surface area contributed by atoms with E-state index in [1.165, 1.54) is 0 Å². The maximum Gasteiger partial charge on any atom is 0.220 e. The fourth-order valence-corrected chi connectivity index (χ4v) is 2.04. The number of carbonyl (C=O) groups is 1. The Labute approximate surface area is 97.4 Å². The van der Waals surface area contributed by atoms with Crippen molar-refractivity contribution in [1.82, 2.24) is 5.32 Å². The van der Waals surface area contributed by atoms with Crippen LogP contribution in [0.2, 0.25) is 0 Å². The number of hydrogen-bond donors (Lipinski definition) is 2. The summed E-state index contributed by atoms with van der Waals surface area (Å²) in [5, 5.41) is 12.6. The topological polar surface area (TPSA) is 58.6 Å². The average molecular weight is 229 g/mol. The first-order chi connectivity index (χ1) is 7.74. The minimum absolute atomic E-state index is 0.0330. The van der Waals surface area contributed by atoms with E-state index < -0.39 is 0 Å². The van der Waals surface area contributed by atoms with Crippen LogP contribution in [0, 0.1) is 0 Å². The summed E-state index contributed by atoms with van der Waals surface area (Å²) in [5.41, 5.74) is 0. The van der Waals surface area contributed by atoms with Crippen LogP contribution in [-0.2, 0) is 9.53 Å². The first-order valence-corrected chi connectivity index (χ1v) is 6.29. The first kappa shape index (κ1) is 13.5. The molecule has 0 saturated heterocycles. The minimum Gasteiger partial charge on any atom is -0.391 e. The Morgan fingerprint density at radius 1 is 1.44 bits per heavy atom. The Balaban J connectivity index is 2.12. The highest BCUT2D eigenvalue weighted by molar-refractivity contribution is 5.76. The molecule has 1 fully saturated rings. The molecule has 94 valence electrons. The lowest BCUT2D eigenvalue weighted by atomic mass is 9.92. The molecule has 0 bridgehead atoms. The van der Waals surface area contributed by atoms with E-state index in [0.29, 0.717) is 19.6 Å². The van der Waals surface area contributed by atoms with Gasteiger partial charge in [0.05, 0.1) is 12.1 Å². The van der Waals surface area contributed by atoms with E-state index in [2.05, 4.69) is 5.32 Å². The number of amides is 1. The highest BCUT2D eigenvalue weighted by atomic mass is 16.5. The fourth-order valence-electron chi connectivity index (χ4n) is 2.04. The second-order valence-electron chi connectivity index (χ2n) is 4.33. The lowest BCUT2D eigenvalue weighted by Gasteiger charge is -2.28. The van der Waals surface area contributed by atoms with Crippen LogP contribution in [0.4, 0.5) is 0 Å². The smallest absolute Gasteiger partial charge is 0.220 e. The van der Waals surface area contributed by atoms with E-state index in [9.17, 15) is 9.90 Å². The molecule has 0 aromatic rings. The Bertz CT molecular complexity index is 208. The maximum atomic E-state index is 11.5. The van der Waals surface area contributed by atoms with Crippen molar-refractivity contribution in [2.24, 2.45) is 0 Å². The van der Waals surface area contributed by atoms with Crippen LogP contribution >= 0.6 is 0 Å². The van der Waals surface area contributed by atoms with Gasteiger partial charge in [-0.25, -0.2) is 0 Å². The molecule has 2 atom stereocenters. The molecule has 1 aliphatic carbocycles. The molecule has 0 aromatic carbocycles. The highest BCUT2D eigenvalue weighted by Gasteiger charge is 2.23. The third kappa shape index (κ3) is 4.94. The van der Waals surface area contributed by atoms with Gasteiger partial charge in [0.25, 0.3) is 0 Å². The summed E-state index contributed by atoms with van der Waals surface area (Å²) in [5.74, 6) is 0.0330. The third-order valence-electron chi connectivity index (χ3n) is 2.97. The largest absolute Gasteiger partial charge is 0.391 e. The molecule has 0 aliphatic heterocycles. The lowest BCUT2D eigenvalue weighted by Crippen LogP contribution is -2.45. The first-order valence-electron chi connectivity index (χ1n) is 6.29. The van der Waals surface area contributed by atoms with Gasteiger partial charge in [-0.15, -0.1) is 0 Å². The summed E-state index contributed by atoms with van der Waals surface area (Å²) < 4.78 is 5.17. The van der Waals surface area contributed by atoms with Gasteiger partial charge in [0.2, 0.25) is 5.91 Å². The Kier molecular flexibility index (Phi) is 6.42. The number of ether oxygens (including phenoxy) is 1. The van der Waals surface area contributed by atoms with Gasteiger partial charge < -0.3 is 15.2 Å². The van der Waals surface area contributed by atoms with E-state index in [4.69, 9.17) is 4.74 Å². The van der Waals surface area contributed by atoms with Crippen LogP contribution in [0.1, 0.15) is 45.4 Å². The maximum absolute atomic E-state index is 11.5. The highest BCUT2D eigenvalue weighted by Crippen LogP contribution is 2.18. The van der Waals surface area contributed by atoms with Gasteiger partial charge in [-0.3, -0.25) is 4.79 Å². The van der Waals surface area contributed by atoms with Crippen molar-refractivity contribution in [3.63, 3.8) is 0 Å². The molecule has 0 spiro atoms. The third-order valence-corrected chi connectivity index (χ3v) is 2.97. The molecular weight excluding hydrogens is 206 g/mol. The van der Waals surface area contributed by atoms with Crippen LogP contribution in [0.15, 0.2) is 0 Å². The zero-order chi connectivity index (χ0) is 11.8. The number of hydrogen-bond acceptors (Lipinski definition) is 3. The lowest BCUT2D eigenvalue weighted by molar-refractivity contribution is -0.123. The van der Waals surface area contributed by atoms with Gasteiger partial charge >= 0.3 is 0 Å². The number of aliphatic hydroxyl groups is 1. The summed E-state index contributed by atoms with van der Waals surface area (Å²) >= 11 is 0. The fraction of sp³-hybridized carbons (Fsp3) is 0.917. The molecule has 4 nitrogen and oxygen atoms in total. The zero-order valence-corrected chi connectivity index (χ0v) is 10.1. The molecule has 1 saturated carbocycles. The molecule has 1 aliphatic rings. The molecule has 2 N–H and O–H groups in total. The van der Waals surface area contributed by atoms with Gasteiger partial charge in [0.1, 0.15) is 0 Å². The van der Waals surface area contributed by atoms with Crippen molar-refractivity contribution >= 4 is 5.91 Å². The van der Waals surface area contributed by atoms with E-state index in [1.807, 2.05) is 6.92 Å². The standard InChI is InChI=1S/C12H23NO3/c1-2-16-9-5-8-12(15)13-10-6-3-4-7-11(10)14/h10-11,14H,2-9H2,1H3,(H,13,15). The molecular formula is C12H23NO3. The van der Waals surface area contributed by atoms with Crippen molar-refractivity contribution in [1.29, 1.82) is 0 Å². The second kappa shape index (κ2) is 7.63. The van der Waals surface area contributed by atoms with Gasteiger partial charge in [-0.05, 0) is 26.2 Å². The predicted molar refractivity (Wildman–Crippen MR) is 62.1 cm³/mol. The number of carbonyl (C=O) groups excluding carboxylic acids is 1. The minimum atomic E-state index is -0.357. The number of rotatable bonds is 6. The summed E-state index contributed by atoms with van der Waals surface area (Å²) in [6.45, 7) is 3.28. The summed E-state index contributed by atoms with van der Waals surface area (Å²) in [6.07, 6.45) is 4.76. The van der Waals surface area contributed by atoms with Crippen LogP contribution in [0.3, 0.4) is 0 Å². The van der Waals surface area contributed by atoms with E-state index in [-0.39, 0.29) is 18.1 Å². The summed E-state index contributed by atoms with van der Waals surface area (Å²) in [4.78, 5) is 11.5. The van der Waals surface area contributed by atoms with E-state index in [0.717, 1.165) is 32.1 Å². The van der Waals surface area contributed by atoms with Gasteiger partial charge in [-0.2, -0.15) is 0 Å². The van der Waals surface area contributed by atoms with Gasteiger partial charge in [-0.1, -0.05) is 12.8 Å². The average Bonchev–Trinajstić information content (AvgIpc) is 2.28. The molecule has 1 amide bonds. The molecule has 2 unspecified atom stereocenters. The monoisotopic (exact) mass is 229 g/mol. The number of nitrogens with one attached hydrogen (secondary N) is 1. The Morgan fingerprint density at radius 2 is 2.19 bits per heavy atom. The quantitative estimate of drug-likeness (QED) is 0.673. The van der Waals surface area contributed by atoms with Crippen molar-refractivity contribution in [2.75, 3.05) is 13.2 Å². The molecule has 16 heavy (non-hydrogen) atoms. The number of aliphatic hydroxyl groups excluding tert-OH is 1. The summed E-state index contributed by atoms with van der Waals surface area (Å²) in [7, 11) is 0. The van der Waals surface area contributed by atoms with Crippen LogP contribution in [0.25, 0.3) is 0 Å². The van der Waals surface area contributed by atoms with Crippen molar-refractivity contribution in [3.05, 3.63) is 0 Å². The van der Waals surface area contributed by atoms with Crippen molar-refractivity contribution < 1.29 is 14.6 Å². The van der Waals surface area contributed by atoms with Gasteiger partial charge in [0.15, 0.2) is 0 Å².